The van der Waals surface area contributed by atoms with Crippen LogP contribution in [0.2, 0.25) is 0 Å². The van der Waals surface area contributed by atoms with Crippen LogP contribution < -0.4 is 5.32 Å². The van der Waals surface area contributed by atoms with Crippen molar-refractivity contribution >= 4 is 39.5 Å². The Hall–Kier alpha value is -2.67. The van der Waals surface area contributed by atoms with Crippen LogP contribution in [0.3, 0.4) is 0 Å². The van der Waals surface area contributed by atoms with Crippen LogP contribution in [-0.4, -0.2) is 29.6 Å². The molecule has 1 atom stereocenters. The van der Waals surface area contributed by atoms with E-state index in [1.54, 1.807) is 45.0 Å². The van der Waals surface area contributed by atoms with Crippen LogP contribution in [0, 0.1) is 0 Å². The monoisotopic (exact) mass is 475 g/mol. The second-order valence-electron chi connectivity index (χ2n) is 7.77. The van der Waals surface area contributed by atoms with Gasteiger partial charge in [-0.3, -0.25) is 14.9 Å². The standard InChI is InChI=1S/C23H26BrNO5/c1-23(2,3)30-21(27)14-13-19(26)20(15-16-7-5-4-6-8-16)29-22(28)25-18-11-9-17(24)10-12-18/h4-12,20H,13-15H2,1-3H3,(H,25,28)/t20-/m0/s1. The molecule has 160 valence electrons. The fraction of sp³-hybridized carbons (Fsp3) is 0.348. The summed E-state index contributed by atoms with van der Waals surface area (Å²) in [6.45, 7) is 5.29. The van der Waals surface area contributed by atoms with Gasteiger partial charge < -0.3 is 9.47 Å². The van der Waals surface area contributed by atoms with Crippen molar-refractivity contribution in [2.24, 2.45) is 0 Å². The van der Waals surface area contributed by atoms with Gasteiger partial charge in [0.25, 0.3) is 0 Å². The molecule has 0 saturated carbocycles. The van der Waals surface area contributed by atoms with Crippen molar-refractivity contribution in [1.29, 1.82) is 0 Å². The van der Waals surface area contributed by atoms with Gasteiger partial charge in [0.15, 0.2) is 11.9 Å². The molecule has 0 heterocycles. The van der Waals surface area contributed by atoms with Gasteiger partial charge in [-0.15, -0.1) is 0 Å². The predicted molar refractivity (Wildman–Crippen MR) is 118 cm³/mol. The summed E-state index contributed by atoms with van der Waals surface area (Å²) in [5.74, 6) is -0.802. The number of rotatable bonds is 8. The van der Waals surface area contributed by atoms with Crippen molar-refractivity contribution in [3.05, 3.63) is 64.6 Å². The number of benzene rings is 2. The van der Waals surface area contributed by atoms with Crippen LogP contribution in [0.5, 0.6) is 0 Å². The second kappa shape index (κ2) is 10.9. The first-order chi connectivity index (χ1) is 14.1. The molecular formula is C23H26BrNO5. The van der Waals surface area contributed by atoms with Crippen LogP contribution in [-0.2, 0) is 25.5 Å². The zero-order chi connectivity index (χ0) is 22.1. The number of halogens is 1. The zero-order valence-electron chi connectivity index (χ0n) is 17.3. The van der Waals surface area contributed by atoms with E-state index in [-0.39, 0.29) is 25.0 Å². The van der Waals surface area contributed by atoms with Gasteiger partial charge in [-0.25, -0.2) is 4.79 Å². The molecule has 2 aromatic carbocycles. The third-order valence-corrected chi connectivity index (χ3v) is 4.49. The highest BCUT2D eigenvalue weighted by atomic mass is 79.9. The Bertz CT molecular complexity index is 859. The number of ether oxygens (including phenoxy) is 2. The molecule has 0 saturated heterocycles. The van der Waals surface area contributed by atoms with E-state index in [0.29, 0.717) is 5.69 Å². The van der Waals surface area contributed by atoms with Crippen molar-refractivity contribution in [2.75, 3.05) is 5.32 Å². The minimum absolute atomic E-state index is 0.0704. The van der Waals surface area contributed by atoms with Crippen molar-refractivity contribution in [3.8, 4) is 0 Å². The highest BCUT2D eigenvalue weighted by Crippen LogP contribution is 2.16. The van der Waals surface area contributed by atoms with Gasteiger partial charge in [-0.1, -0.05) is 46.3 Å². The summed E-state index contributed by atoms with van der Waals surface area (Å²) in [5.41, 5.74) is 0.775. The highest BCUT2D eigenvalue weighted by molar-refractivity contribution is 9.10. The number of anilines is 1. The van der Waals surface area contributed by atoms with Gasteiger partial charge in [-0.05, 0) is 50.6 Å². The van der Waals surface area contributed by atoms with Crippen molar-refractivity contribution in [2.45, 2.75) is 51.7 Å². The van der Waals surface area contributed by atoms with E-state index in [0.717, 1.165) is 10.0 Å². The lowest BCUT2D eigenvalue weighted by molar-refractivity contribution is -0.155. The van der Waals surface area contributed by atoms with E-state index in [9.17, 15) is 14.4 Å². The van der Waals surface area contributed by atoms with Crippen molar-refractivity contribution in [3.63, 3.8) is 0 Å². The molecule has 2 aromatic rings. The summed E-state index contributed by atoms with van der Waals surface area (Å²) in [6, 6.07) is 16.2. The molecule has 0 aliphatic rings. The fourth-order valence-corrected chi connectivity index (χ4v) is 2.90. The molecule has 0 bridgehead atoms. The van der Waals surface area contributed by atoms with E-state index in [1.807, 2.05) is 30.3 Å². The highest BCUT2D eigenvalue weighted by Gasteiger charge is 2.25. The lowest BCUT2D eigenvalue weighted by Gasteiger charge is -2.20. The van der Waals surface area contributed by atoms with Gasteiger partial charge in [0, 0.05) is 23.0 Å². The molecule has 0 aliphatic heterocycles. The second-order valence-corrected chi connectivity index (χ2v) is 8.68. The molecule has 0 fully saturated rings. The van der Waals surface area contributed by atoms with E-state index in [4.69, 9.17) is 9.47 Å². The quantitative estimate of drug-likeness (QED) is 0.523. The summed E-state index contributed by atoms with van der Waals surface area (Å²) in [4.78, 5) is 37.0. The molecule has 6 nitrogen and oxygen atoms in total. The summed E-state index contributed by atoms with van der Waals surface area (Å²) in [5, 5.41) is 2.61. The van der Waals surface area contributed by atoms with Gasteiger partial charge in [0.05, 0.1) is 6.42 Å². The molecule has 0 unspecified atom stereocenters. The first kappa shape index (κ1) is 23.6. The number of carbonyl (C=O) groups is 3. The third kappa shape index (κ3) is 8.78. The molecule has 0 aliphatic carbocycles. The molecule has 0 spiro atoms. The molecule has 0 aromatic heterocycles. The Morgan fingerprint density at radius 2 is 1.60 bits per heavy atom. The Kier molecular flexibility index (Phi) is 8.59. The normalized spacial score (nSPS) is 12.0. The SMILES string of the molecule is CC(C)(C)OC(=O)CCC(=O)[C@H](Cc1ccccc1)OC(=O)Nc1ccc(Br)cc1. The first-order valence-electron chi connectivity index (χ1n) is 9.64. The van der Waals surface area contributed by atoms with E-state index < -0.39 is 23.8 Å². The van der Waals surface area contributed by atoms with Gasteiger partial charge in [0.2, 0.25) is 0 Å². The minimum Gasteiger partial charge on any atom is -0.460 e. The molecule has 2 rings (SSSR count). The lowest BCUT2D eigenvalue weighted by atomic mass is 10.0. The van der Waals surface area contributed by atoms with Crippen LogP contribution in [0.1, 0.15) is 39.2 Å². The lowest BCUT2D eigenvalue weighted by Crippen LogP contribution is -2.32. The number of esters is 1. The first-order valence-corrected chi connectivity index (χ1v) is 10.4. The Morgan fingerprint density at radius 1 is 0.967 bits per heavy atom. The molecule has 0 radical (unpaired) electrons. The maximum atomic E-state index is 12.7. The summed E-state index contributed by atoms with van der Waals surface area (Å²) in [7, 11) is 0. The molecule has 1 N–H and O–H groups in total. The summed E-state index contributed by atoms with van der Waals surface area (Å²) in [6.07, 6.45) is -1.66. The number of hydrogen-bond donors (Lipinski definition) is 1. The fourth-order valence-electron chi connectivity index (χ4n) is 2.64. The predicted octanol–water partition coefficient (Wildman–Crippen LogP) is 5.30. The maximum absolute atomic E-state index is 12.7. The van der Waals surface area contributed by atoms with Crippen LogP contribution in [0.25, 0.3) is 0 Å². The van der Waals surface area contributed by atoms with Crippen molar-refractivity contribution in [1.82, 2.24) is 0 Å². The van der Waals surface area contributed by atoms with Crippen LogP contribution in [0.4, 0.5) is 10.5 Å². The number of ketones is 1. The van der Waals surface area contributed by atoms with Gasteiger partial charge >= 0.3 is 12.1 Å². The van der Waals surface area contributed by atoms with Crippen LogP contribution in [0.15, 0.2) is 59.1 Å². The van der Waals surface area contributed by atoms with E-state index in [1.165, 1.54) is 0 Å². The zero-order valence-corrected chi connectivity index (χ0v) is 18.9. The number of nitrogens with one attached hydrogen (secondary N) is 1. The number of Topliss-reactive ketones (excluding diaryl/α,β-unsaturated/α-hetero) is 1. The molecule has 30 heavy (non-hydrogen) atoms. The van der Waals surface area contributed by atoms with Gasteiger partial charge in [0.1, 0.15) is 5.60 Å². The van der Waals surface area contributed by atoms with Crippen molar-refractivity contribution < 1.29 is 23.9 Å². The maximum Gasteiger partial charge on any atom is 0.412 e. The number of amides is 1. The largest absolute Gasteiger partial charge is 0.460 e. The van der Waals surface area contributed by atoms with E-state index >= 15 is 0 Å². The minimum atomic E-state index is -1.01. The Balaban J connectivity index is 2.02. The Morgan fingerprint density at radius 3 is 2.20 bits per heavy atom. The number of hydrogen-bond acceptors (Lipinski definition) is 5. The molecule has 7 heteroatoms. The molecular weight excluding hydrogens is 450 g/mol. The number of carbonyl (C=O) groups excluding carboxylic acids is 3. The average molecular weight is 476 g/mol. The summed E-state index contributed by atoms with van der Waals surface area (Å²) >= 11 is 3.33. The third-order valence-electron chi connectivity index (χ3n) is 3.96. The smallest absolute Gasteiger partial charge is 0.412 e. The van der Waals surface area contributed by atoms with Crippen LogP contribution >= 0.6 is 15.9 Å². The summed E-state index contributed by atoms with van der Waals surface area (Å²) < 4.78 is 11.5. The van der Waals surface area contributed by atoms with Gasteiger partial charge in [-0.2, -0.15) is 0 Å². The molecule has 1 amide bonds. The Labute approximate surface area is 185 Å². The van der Waals surface area contributed by atoms with E-state index in [2.05, 4.69) is 21.2 Å². The average Bonchev–Trinajstić information content (AvgIpc) is 2.67. The topological polar surface area (TPSA) is 81.7 Å².